The second-order valence-corrected chi connectivity index (χ2v) is 7.54. The molecular formula is C15H30N2O2. The number of hydrogen-bond acceptors (Lipinski definition) is 3. The minimum atomic E-state index is -0.401. The average molecular weight is 270 g/mol. The molecule has 0 aromatic rings. The van der Waals surface area contributed by atoms with Gasteiger partial charge in [-0.25, -0.2) is 4.79 Å². The normalized spacial score (nSPS) is 18.5. The Balaban J connectivity index is 2.31. The Hall–Kier alpha value is -0.770. The van der Waals surface area contributed by atoms with Crippen molar-refractivity contribution in [1.82, 2.24) is 10.2 Å². The lowest BCUT2D eigenvalue weighted by atomic mass is 9.95. The van der Waals surface area contributed by atoms with E-state index in [4.69, 9.17) is 4.74 Å². The SMILES string of the molecule is CC(C)(C)NCC1CCN(C(=O)OC(C)(C)C)CC1. The number of hydrogen-bond donors (Lipinski definition) is 1. The van der Waals surface area contributed by atoms with Gasteiger partial charge in [-0.1, -0.05) is 0 Å². The van der Waals surface area contributed by atoms with Crippen molar-refractivity contribution in [3.05, 3.63) is 0 Å². The van der Waals surface area contributed by atoms with Gasteiger partial charge < -0.3 is 15.0 Å². The summed E-state index contributed by atoms with van der Waals surface area (Å²) in [6.45, 7) is 14.9. The standard InChI is InChI=1S/C15H30N2O2/c1-14(2,3)16-11-12-7-9-17(10-8-12)13(18)19-15(4,5)6/h12,16H,7-11H2,1-6H3. The lowest BCUT2D eigenvalue weighted by Crippen LogP contribution is -2.45. The summed E-state index contributed by atoms with van der Waals surface area (Å²) in [7, 11) is 0. The van der Waals surface area contributed by atoms with Gasteiger partial charge in [0, 0.05) is 18.6 Å². The molecule has 0 saturated carbocycles. The summed E-state index contributed by atoms with van der Waals surface area (Å²) in [5.41, 5.74) is -0.232. The first kappa shape index (κ1) is 16.3. The smallest absolute Gasteiger partial charge is 0.410 e. The Morgan fingerprint density at radius 1 is 1.16 bits per heavy atom. The zero-order chi connectivity index (χ0) is 14.7. The molecule has 0 radical (unpaired) electrons. The molecule has 1 amide bonds. The van der Waals surface area contributed by atoms with Gasteiger partial charge in [0.1, 0.15) is 5.60 Å². The molecule has 0 aromatic heterocycles. The minimum Gasteiger partial charge on any atom is -0.444 e. The third kappa shape index (κ3) is 6.81. The van der Waals surface area contributed by atoms with Gasteiger partial charge in [-0.2, -0.15) is 0 Å². The highest BCUT2D eigenvalue weighted by Gasteiger charge is 2.27. The first-order chi connectivity index (χ1) is 8.57. The maximum absolute atomic E-state index is 11.9. The van der Waals surface area contributed by atoms with Crippen LogP contribution in [0, 0.1) is 5.92 Å². The van der Waals surface area contributed by atoms with E-state index < -0.39 is 5.60 Å². The van der Waals surface area contributed by atoms with Gasteiger partial charge in [0.2, 0.25) is 0 Å². The summed E-state index contributed by atoms with van der Waals surface area (Å²) in [6, 6.07) is 0. The third-order valence-corrected chi connectivity index (χ3v) is 3.19. The summed E-state index contributed by atoms with van der Waals surface area (Å²) in [5, 5.41) is 3.54. The number of piperidine rings is 1. The van der Waals surface area contributed by atoms with Crippen molar-refractivity contribution in [2.24, 2.45) is 5.92 Å². The number of likely N-dealkylation sites (tertiary alicyclic amines) is 1. The van der Waals surface area contributed by atoms with E-state index in [0.717, 1.165) is 32.5 Å². The van der Waals surface area contributed by atoms with Crippen LogP contribution in [-0.2, 0) is 4.74 Å². The zero-order valence-electron chi connectivity index (χ0n) is 13.4. The maximum atomic E-state index is 11.9. The number of carbonyl (C=O) groups excluding carboxylic acids is 1. The molecule has 0 spiro atoms. The van der Waals surface area contributed by atoms with Gasteiger partial charge in [0.05, 0.1) is 0 Å². The second kappa shape index (κ2) is 6.12. The molecule has 1 aliphatic heterocycles. The summed E-state index contributed by atoms with van der Waals surface area (Å²) < 4.78 is 5.40. The first-order valence-electron chi connectivity index (χ1n) is 7.30. The van der Waals surface area contributed by atoms with Crippen LogP contribution in [0.3, 0.4) is 0 Å². The van der Waals surface area contributed by atoms with Gasteiger partial charge in [-0.3, -0.25) is 0 Å². The summed E-state index contributed by atoms with van der Waals surface area (Å²) in [6.07, 6.45) is 1.94. The van der Waals surface area contributed by atoms with Crippen molar-refractivity contribution >= 4 is 6.09 Å². The number of rotatable bonds is 2. The quantitative estimate of drug-likeness (QED) is 0.838. The molecule has 19 heavy (non-hydrogen) atoms. The number of amides is 1. The van der Waals surface area contributed by atoms with Crippen LogP contribution in [0.25, 0.3) is 0 Å². The van der Waals surface area contributed by atoms with E-state index in [0.29, 0.717) is 5.92 Å². The molecule has 0 aromatic carbocycles. The van der Waals surface area contributed by atoms with Crippen LogP contribution in [0.2, 0.25) is 0 Å². The van der Waals surface area contributed by atoms with Crippen molar-refractivity contribution in [2.45, 2.75) is 65.5 Å². The molecule has 0 aliphatic carbocycles. The van der Waals surface area contributed by atoms with Crippen LogP contribution < -0.4 is 5.32 Å². The fourth-order valence-corrected chi connectivity index (χ4v) is 2.10. The average Bonchev–Trinajstić information content (AvgIpc) is 2.23. The summed E-state index contributed by atoms with van der Waals surface area (Å²) in [5.74, 6) is 0.665. The monoisotopic (exact) mass is 270 g/mol. The van der Waals surface area contributed by atoms with Crippen molar-refractivity contribution in [1.29, 1.82) is 0 Å². The Labute approximate surface area is 117 Å². The summed E-state index contributed by atoms with van der Waals surface area (Å²) >= 11 is 0. The molecule has 0 unspecified atom stereocenters. The lowest BCUT2D eigenvalue weighted by molar-refractivity contribution is 0.0182. The third-order valence-electron chi connectivity index (χ3n) is 3.19. The maximum Gasteiger partial charge on any atom is 0.410 e. The fraction of sp³-hybridized carbons (Fsp3) is 0.933. The Kier molecular flexibility index (Phi) is 5.25. The molecule has 4 heteroatoms. The first-order valence-corrected chi connectivity index (χ1v) is 7.30. The van der Waals surface area contributed by atoms with E-state index in [1.54, 1.807) is 0 Å². The highest BCUT2D eigenvalue weighted by atomic mass is 16.6. The van der Waals surface area contributed by atoms with Gasteiger partial charge >= 0.3 is 6.09 Å². The van der Waals surface area contributed by atoms with Crippen LogP contribution in [0.1, 0.15) is 54.4 Å². The second-order valence-electron chi connectivity index (χ2n) is 7.54. The van der Waals surface area contributed by atoms with Crippen molar-refractivity contribution in [2.75, 3.05) is 19.6 Å². The van der Waals surface area contributed by atoms with Gasteiger partial charge in [-0.15, -0.1) is 0 Å². The van der Waals surface area contributed by atoms with Crippen molar-refractivity contribution in [3.63, 3.8) is 0 Å². The van der Waals surface area contributed by atoms with Gasteiger partial charge in [0.15, 0.2) is 0 Å². The molecule has 4 nitrogen and oxygen atoms in total. The Morgan fingerprint density at radius 3 is 2.11 bits per heavy atom. The Bertz CT molecular complexity index is 294. The lowest BCUT2D eigenvalue weighted by Gasteiger charge is -2.34. The van der Waals surface area contributed by atoms with Crippen LogP contribution >= 0.6 is 0 Å². The largest absolute Gasteiger partial charge is 0.444 e. The zero-order valence-corrected chi connectivity index (χ0v) is 13.4. The number of nitrogens with zero attached hydrogens (tertiary/aromatic N) is 1. The molecule has 1 aliphatic rings. The number of carbonyl (C=O) groups is 1. The predicted molar refractivity (Wildman–Crippen MR) is 78.3 cm³/mol. The van der Waals surface area contributed by atoms with E-state index in [9.17, 15) is 4.79 Å². The van der Waals surface area contributed by atoms with Crippen LogP contribution in [-0.4, -0.2) is 41.8 Å². The van der Waals surface area contributed by atoms with Crippen molar-refractivity contribution in [3.8, 4) is 0 Å². The van der Waals surface area contributed by atoms with E-state index >= 15 is 0 Å². The molecule has 1 saturated heterocycles. The number of nitrogens with one attached hydrogen (secondary N) is 1. The van der Waals surface area contributed by atoms with E-state index in [1.165, 1.54) is 0 Å². The van der Waals surface area contributed by atoms with E-state index in [-0.39, 0.29) is 11.6 Å². The van der Waals surface area contributed by atoms with Crippen LogP contribution in [0.5, 0.6) is 0 Å². The summed E-state index contributed by atoms with van der Waals surface area (Å²) in [4.78, 5) is 13.8. The van der Waals surface area contributed by atoms with Gasteiger partial charge in [-0.05, 0) is 66.8 Å². The molecule has 1 rings (SSSR count). The Morgan fingerprint density at radius 2 is 1.68 bits per heavy atom. The van der Waals surface area contributed by atoms with Crippen molar-refractivity contribution < 1.29 is 9.53 Å². The fourth-order valence-electron chi connectivity index (χ4n) is 2.10. The predicted octanol–water partition coefficient (Wildman–Crippen LogP) is 3.02. The molecule has 112 valence electrons. The molecule has 1 fully saturated rings. The van der Waals surface area contributed by atoms with Crippen LogP contribution in [0.4, 0.5) is 4.79 Å². The molecule has 0 atom stereocenters. The highest BCUT2D eigenvalue weighted by molar-refractivity contribution is 5.68. The minimum absolute atomic E-state index is 0.169. The van der Waals surface area contributed by atoms with E-state index in [2.05, 4.69) is 26.1 Å². The van der Waals surface area contributed by atoms with Gasteiger partial charge in [0.25, 0.3) is 0 Å². The van der Waals surface area contributed by atoms with Crippen LogP contribution in [0.15, 0.2) is 0 Å². The molecular weight excluding hydrogens is 240 g/mol. The molecule has 1 heterocycles. The van der Waals surface area contributed by atoms with E-state index in [1.807, 2.05) is 25.7 Å². The number of ether oxygens (including phenoxy) is 1. The molecule has 1 N–H and O–H groups in total. The highest BCUT2D eigenvalue weighted by Crippen LogP contribution is 2.19. The molecule has 0 bridgehead atoms. The topological polar surface area (TPSA) is 41.6 Å².